The molecule has 1 heterocycles. The van der Waals surface area contributed by atoms with Crippen LogP contribution in [0.4, 0.5) is 0 Å². The molecule has 6 nitrogen and oxygen atoms in total. The second-order valence-corrected chi connectivity index (χ2v) is 4.53. The molecule has 0 saturated heterocycles. The number of aromatic carboxylic acids is 1. The zero-order chi connectivity index (χ0) is 15.1. The number of ether oxygens (including phenoxy) is 2. The molecule has 0 unspecified atom stereocenters. The van der Waals surface area contributed by atoms with Crippen LogP contribution < -0.4 is 4.74 Å². The molecule has 0 radical (unpaired) electrons. The number of carbonyl (C=O) groups is 1. The highest BCUT2D eigenvalue weighted by Crippen LogP contribution is 2.22. The van der Waals surface area contributed by atoms with Crippen LogP contribution in [0.25, 0.3) is 10.9 Å². The van der Waals surface area contributed by atoms with E-state index in [1.165, 1.54) is 18.5 Å². The van der Waals surface area contributed by atoms with Gasteiger partial charge >= 0.3 is 5.97 Å². The van der Waals surface area contributed by atoms with Crippen molar-refractivity contribution >= 4 is 16.9 Å². The van der Waals surface area contributed by atoms with Crippen molar-refractivity contribution in [2.24, 2.45) is 0 Å². The molecule has 1 aromatic carbocycles. The molecular weight excluding hydrogens is 272 g/mol. The number of fused-ring (bicyclic) bond motifs is 1. The van der Waals surface area contributed by atoms with Crippen molar-refractivity contribution in [2.45, 2.75) is 19.8 Å². The van der Waals surface area contributed by atoms with Gasteiger partial charge in [0.05, 0.1) is 23.1 Å². The van der Waals surface area contributed by atoms with Crippen molar-refractivity contribution in [2.75, 3.05) is 19.8 Å². The first-order valence-corrected chi connectivity index (χ1v) is 6.91. The highest BCUT2D eigenvalue weighted by molar-refractivity contribution is 5.94. The van der Waals surface area contributed by atoms with E-state index in [-0.39, 0.29) is 5.56 Å². The Morgan fingerprint density at radius 1 is 1.24 bits per heavy atom. The first-order valence-electron chi connectivity index (χ1n) is 6.91. The van der Waals surface area contributed by atoms with E-state index in [0.29, 0.717) is 30.0 Å². The lowest BCUT2D eigenvalue weighted by Gasteiger charge is -2.08. The third-order valence-electron chi connectivity index (χ3n) is 2.96. The van der Waals surface area contributed by atoms with Crippen LogP contribution in [-0.2, 0) is 4.74 Å². The van der Waals surface area contributed by atoms with Gasteiger partial charge in [0.25, 0.3) is 0 Å². The van der Waals surface area contributed by atoms with E-state index in [9.17, 15) is 4.79 Å². The second kappa shape index (κ2) is 7.54. The predicted molar refractivity (Wildman–Crippen MR) is 77.7 cm³/mol. The van der Waals surface area contributed by atoms with Crippen LogP contribution in [0.15, 0.2) is 24.5 Å². The average Bonchev–Trinajstić information content (AvgIpc) is 2.50. The Kier molecular flexibility index (Phi) is 5.45. The van der Waals surface area contributed by atoms with Crippen LogP contribution >= 0.6 is 0 Å². The molecule has 6 heteroatoms. The van der Waals surface area contributed by atoms with E-state index in [4.69, 9.17) is 14.6 Å². The fraction of sp³-hybridized carbons (Fsp3) is 0.400. The van der Waals surface area contributed by atoms with E-state index >= 15 is 0 Å². The Morgan fingerprint density at radius 2 is 2.10 bits per heavy atom. The van der Waals surface area contributed by atoms with Gasteiger partial charge in [0.2, 0.25) is 5.88 Å². The van der Waals surface area contributed by atoms with Crippen molar-refractivity contribution in [3.63, 3.8) is 0 Å². The quantitative estimate of drug-likeness (QED) is 0.752. The summed E-state index contributed by atoms with van der Waals surface area (Å²) < 4.78 is 11.0. The van der Waals surface area contributed by atoms with Gasteiger partial charge in [-0.2, -0.15) is 0 Å². The number of aromatic nitrogens is 2. The monoisotopic (exact) mass is 290 g/mol. The highest BCUT2D eigenvalue weighted by atomic mass is 16.5. The fourth-order valence-corrected chi connectivity index (χ4v) is 1.83. The summed E-state index contributed by atoms with van der Waals surface area (Å²) in [4.78, 5) is 19.1. The third kappa shape index (κ3) is 4.13. The SMILES string of the molecule is CCCCOCCOc1ncnc2cc(C(=O)O)ccc12. The molecule has 0 atom stereocenters. The standard InChI is InChI=1S/C15H18N2O4/c1-2-3-6-20-7-8-21-14-12-5-4-11(15(18)19)9-13(12)16-10-17-14/h4-5,9-10H,2-3,6-8H2,1H3,(H,18,19). The summed E-state index contributed by atoms with van der Waals surface area (Å²) in [5.41, 5.74) is 0.738. The first kappa shape index (κ1) is 15.2. The Hall–Kier alpha value is -2.21. The minimum absolute atomic E-state index is 0.190. The highest BCUT2D eigenvalue weighted by Gasteiger charge is 2.08. The van der Waals surface area contributed by atoms with Gasteiger partial charge in [0.15, 0.2) is 0 Å². The maximum atomic E-state index is 10.9. The van der Waals surface area contributed by atoms with Gasteiger partial charge in [-0.3, -0.25) is 0 Å². The van der Waals surface area contributed by atoms with E-state index in [2.05, 4.69) is 16.9 Å². The molecule has 1 N–H and O–H groups in total. The lowest BCUT2D eigenvalue weighted by atomic mass is 10.1. The molecule has 0 amide bonds. The van der Waals surface area contributed by atoms with Gasteiger partial charge in [0.1, 0.15) is 12.9 Å². The maximum absolute atomic E-state index is 10.9. The number of nitrogens with zero attached hydrogens (tertiary/aromatic N) is 2. The summed E-state index contributed by atoms with van der Waals surface area (Å²) >= 11 is 0. The van der Waals surface area contributed by atoms with Gasteiger partial charge in [-0.1, -0.05) is 13.3 Å². The summed E-state index contributed by atoms with van der Waals surface area (Å²) in [7, 11) is 0. The number of hydrogen-bond donors (Lipinski definition) is 1. The second-order valence-electron chi connectivity index (χ2n) is 4.53. The number of carboxylic acids is 1. The Bertz CT molecular complexity index is 616. The molecule has 0 fully saturated rings. The van der Waals surface area contributed by atoms with Gasteiger partial charge < -0.3 is 14.6 Å². The predicted octanol–water partition coefficient (Wildman–Crippen LogP) is 2.52. The zero-order valence-electron chi connectivity index (χ0n) is 11.9. The van der Waals surface area contributed by atoms with E-state index in [0.717, 1.165) is 19.4 Å². The number of unbranched alkanes of at least 4 members (excludes halogenated alkanes) is 1. The van der Waals surface area contributed by atoms with Crippen LogP contribution in [0.2, 0.25) is 0 Å². The molecule has 2 rings (SSSR count). The Labute approximate surface area is 122 Å². The minimum atomic E-state index is -0.984. The van der Waals surface area contributed by atoms with Crippen molar-refractivity contribution in [1.29, 1.82) is 0 Å². The summed E-state index contributed by atoms with van der Waals surface area (Å²) in [5, 5.41) is 9.66. The van der Waals surface area contributed by atoms with E-state index in [1.807, 2.05) is 0 Å². The number of rotatable bonds is 8. The molecule has 2 aromatic rings. The largest absolute Gasteiger partial charge is 0.478 e. The smallest absolute Gasteiger partial charge is 0.335 e. The van der Waals surface area contributed by atoms with Gasteiger partial charge in [-0.15, -0.1) is 0 Å². The molecular formula is C15H18N2O4. The van der Waals surface area contributed by atoms with Crippen LogP contribution in [0, 0.1) is 0 Å². The molecule has 0 aliphatic carbocycles. The fourth-order valence-electron chi connectivity index (χ4n) is 1.83. The third-order valence-corrected chi connectivity index (χ3v) is 2.96. The molecule has 0 aliphatic rings. The summed E-state index contributed by atoms with van der Waals surface area (Å²) in [6.45, 7) is 3.74. The van der Waals surface area contributed by atoms with E-state index < -0.39 is 5.97 Å². The Balaban J connectivity index is 2.01. The van der Waals surface area contributed by atoms with Crippen molar-refractivity contribution in [3.05, 3.63) is 30.1 Å². The van der Waals surface area contributed by atoms with Crippen molar-refractivity contribution in [1.82, 2.24) is 9.97 Å². The Morgan fingerprint density at radius 3 is 2.86 bits per heavy atom. The first-order chi connectivity index (χ1) is 10.2. The van der Waals surface area contributed by atoms with Gasteiger partial charge in [-0.05, 0) is 24.6 Å². The molecule has 0 bridgehead atoms. The van der Waals surface area contributed by atoms with E-state index in [1.54, 1.807) is 6.07 Å². The van der Waals surface area contributed by atoms with Crippen LogP contribution in [0.5, 0.6) is 5.88 Å². The average molecular weight is 290 g/mol. The molecule has 112 valence electrons. The number of hydrogen-bond acceptors (Lipinski definition) is 5. The van der Waals surface area contributed by atoms with Gasteiger partial charge in [0, 0.05) is 6.61 Å². The summed E-state index contributed by atoms with van der Waals surface area (Å²) in [6, 6.07) is 4.68. The van der Waals surface area contributed by atoms with Crippen LogP contribution in [-0.4, -0.2) is 40.9 Å². The normalized spacial score (nSPS) is 10.7. The van der Waals surface area contributed by atoms with Crippen molar-refractivity contribution in [3.8, 4) is 5.88 Å². The zero-order valence-corrected chi connectivity index (χ0v) is 11.9. The molecule has 0 spiro atoms. The van der Waals surface area contributed by atoms with Crippen LogP contribution in [0.3, 0.4) is 0 Å². The number of benzene rings is 1. The lowest BCUT2D eigenvalue weighted by molar-refractivity contribution is 0.0697. The van der Waals surface area contributed by atoms with Gasteiger partial charge in [-0.25, -0.2) is 14.8 Å². The molecule has 1 aromatic heterocycles. The molecule has 0 aliphatic heterocycles. The molecule has 21 heavy (non-hydrogen) atoms. The number of carboxylic acid groups (broad SMARTS) is 1. The van der Waals surface area contributed by atoms with Crippen molar-refractivity contribution < 1.29 is 19.4 Å². The topological polar surface area (TPSA) is 81.5 Å². The maximum Gasteiger partial charge on any atom is 0.335 e. The minimum Gasteiger partial charge on any atom is -0.478 e. The van der Waals surface area contributed by atoms with Crippen LogP contribution in [0.1, 0.15) is 30.1 Å². The summed E-state index contributed by atoms with van der Waals surface area (Å²) in [5.74, 6) is -0.543. The molecule has 0 saturated carbocycles. The summed E-state index contributed by atoms with van der Waals surface area (Å²) in [6.07, 6.45) is 3.50. The lowest BCUT2D eigenvalue weighted by Crippen LogP contribution is -2.08.